The monoisotopic (exact) mass is 174 g/mol. The Balaban J connectivity index is 2.53. The number of carbonyl (C=O) groups excluding carboxylic acids is 1. The fourth-order valence-corrected chi connectivity index (χ4v) is 1.18. The fourth-order valence-electron chi connectivity index (χ4n) is 1.18. The molecule has 0 N–H and O–H groups in total. The van der Waals surface area contributed by atoms with Gasteiger partial charge in [0.2, 0.25) is 0 Å². The van der Waals surface area contributed by atoms with Crippen LogP contribution in [0.3, 0.4) is 0 Å². The van der Waals surface area contributed by atoms with Crippen molar-refractivity contribution in [2.75, 3.05) is 0 Å². The first-order chi connectivity index (χ1) is 6.36. The zero-order valence-electron chi connectivity index (χ0n) is 7.86. The summed E-state index contributed by atoms with van der Waals surface area (Å²) in [7, 11) is 0. The average molecular weight is 174 g/mol. The standard InChI is InChI=1S/C12H14O/c1-2-3-4-5-11-6-8-12(10-13)9-7-11/h2-3,6-10H,4-5H2,1H3/b3-2+. The van der Waals surface area contributed by atoms with E-state index in [-0.39, 0.29) is 0 Å². The maximum absolute atomic E-state index is 10.4. The second-order valence-corrected chi connectivity index (χ2v) is 2.97. The number of aryl methyl sites for hydroxylation is 1. The van der Waals surface area contributed by atoms with Crippen LogP contribution >= 0.6 is 0 Å². The van der Waals surface area contributed by atoms with Gasteiger partial charge in [-0.25, -0.2) is 0 Å². The lowest BCUT2D eigenvalue weighted by atomic mass is 10.1. The van der Waals surface area contributed by atoms with Crippen LogP contribution in [0.1, 0.15) is 29.3 Å². The largest absolute Gasteiger partial charge is 0.298 e. The predicted octanol–water partition coefficient (Wildman–Crippen LogP) is 3.01. The molecule has 1 aromatic carbocycles. The van der Waals surface area contributed by atoms with Gasteiger partial charge in [-0.05, 0) is 25.3 Å². The molecule has 0 aliphatic carbocycles. The van der Waals surface area contributed by atoms with E-state index in [4.69, 9.17) is 0 Å². The summed E-state index contributed by atoms with van der Waals surface area (Å²) in [6.07, 6.45) is 7.18. The molecule has 0 aliphatic rings. The van der Waals surface area contributed by atoms with E-state index in [2.05, 4.69) is 12.2 Å². The summed E-state index contributed by atoms with van der Waals surface area (Å²) in [5.41, 5.74) is 2.03. The zero-order valence-corrected chi connectivity index (χ0v) is 7.86. The maximum atomic E-state index is 10.4. The topological polar surface area (TPSA) is 17.1 Å². The molecular formula is C12H14O. The van der Waals surface area contributed by atoms with Gasteiger partial charge in [-0.15, -0.1) is 0 Å². The van der Waals surface area contributed by atoms with E-state index in [9.17, 15) is 4.79 Å². The second-order valence-electron chi connectivity index (χ2n) is 2.97. The molecule has 1 rings (SSSR count). The fraction of sp³-hybridized carbons (Fsp3) is 0.250. The third-order valence-corrected chi connectivity index (χ3v) is 1.95. The van der Waals surface area contributed by atoms with Gasteiger partial charge in [0.05, 0.1) is 0 Å². The Kier molecular flexibility index (Phi) is 3.97. The molecule has 0 radical (unpaired) electrons. The molecule has 1 heteroatoms. The van der Waals surface area contributed by atoms with Gasteiger partial charge in [-0.2, -0.15) is 0 Å². The molecule has 0 aliphatic heterocycles. The van der Waals surface area contributed by atoms with Crippen molar-refractivity contribution < 1.29 is 4.79 Å². The van der Waals surface area contributed by atoms with E-state index in [1.807, 2.05) is 31.2 Å². The van der Waals surface area contributed by atoms with Gasteiger partial charge in [0, 0.05) is 5.56 Å². The molecule has 68 valence electrons. The summed E-state index contributed by atoms with van der Waals surface area (Å²) in [4.78, 5) is 10.4. The molecular weight excluding hydrogens is 160 g/mol. The Morgan fingerprint density at radius 1 is 1.23 bits per heavy atom. The first-order valence-electron chi connectivity index (χ1n) is 4.52. The Hall–Kier alpha value is -1.37. The molecule has 13 heavy (non-hydrogen) atoms. The first-order valence-corrected chi connectivity index (χ1v) is 4.52. The number of rotatable bonds is 4. The van der Waals surface area contributed by atoms with Crippen LogP contribution in [0.4, 0.5) is 0 Å². The van der Waals surface area contributed by atoms with Crippen LogP contribution in [-0.4, -0.2) is 6.29 Å². The van der Waals surface area contributed by atoms with Crippen molar-refractivity contribution in [2.24, 2.45) is 0 Å². The first kappa shape index (κ1) is 9.72. The van der Waals surface area contributed by atoms with Gasteiger partial charge in [0.1, 0.15) is 6.29 Å². The third kappa shape index (κ3) is 3.24. The van der Waals surface area contributed by atoms with Gasteiger partial charge in [0.15, 0.2) is 0 Å². The van der Waals surface area contributed by atoms with E-state index in [0.717, 1.165) is 24.7 Å². The van der Waals surface area contributed by atoms with Crippen molar-refractivity contribution in [1.29, 1.82) is 0 Å². The average Bonchev–Trinajstić information content (AvgIpc) is 2.19. The number of allylic oxidation sites excluding steroid dienone is 2. The molecule has 0 heterocycles. The van der Waals surface area contributed by atoms with E-state index < -0.39 is 0 Å². The highest BCUT2D eigenvalue weighted by molar-refractivity contribution is 5.74. The predicted molar refractivity (Wildman–Crippen MR) is 55.0 cm³/mol. The van der Waals surface area contributed by atoms with Crippen LogP contribution in [0.15, 0.2) is 36.4 Å². The minimum Gasteiger partial charge on any atom is -0.298 e. The molecule has 1 nitrogen and oxygen atoms in total. The van der Waals surface area contributed by atoms with E-state index >= 15 is 0 Å². The van der Waals surface area contributed by atoms with Crippen LogP contribution in [0.25, 0.3) is 0 Å². The van der Waals surface area contributed by atoms with Crippen molar-refractivity contribution in [1.82, 2.24) is 0 Å². The molecule has 0 unspecified atom stereocenters. The van der Waals surface area contributed by atoms with Crippen LogP contribution in [0.2, 0.25) is 0 Å². The van der Waals surface area contributed by atoms with Crippen molar-refractivity contribution in [2.45, 2.75) is 19.8 Å². The van der Waals surface area contributed by atoms with Crippen LogP contribution in [0, 0.1) is 0 Å². The van der Waals surface area contributed by atoms with E-state index in [0.29, 0.717) is 0 Å². The Morgan fingerprint density at radius 3 is 2.46 bits per heavy atom. The minimum absolute atomic E-state index is 0.745. The summed E-state index contributed by atoms with van der Waals surface area (Å²) in [5, 5.41) is 0. The lowest BCUT2D eigenvalue weighted by molar-refractivity contribution is 0.112. The van der Waals surface area contributed by atoms with Crippen molar-refractivity contribution >= 4 is 6.29 Å². The molecule has 0 saturated carbocycles. The van der Waals surface area contributed by atoms with Gasteiger partial charge in [-0.1, -0.05) is 36.4 Å². The minimum atomic E-state index is 0.745. The van der Waals surface area contributed by atoms with Crippen LogP contribution in [0.5, 0.6) is 0 Å². The zero-order chi connectivity index (χ0) is 9.52. The lowest BCUT2D eigenvalue weighted by Gasteiger charge is -1.97. The molecule has 0 fully saturated rings. The second kappa shape index (κ2) is 5.31. The number of hydrogen-bond donors (Lipinski definition) is 0. The van der Waals surface area contributed by atoms with Crippen molar-refractivity contribution in [3.63, 3.8) is 0 Å². The molecule has 0 atom stereocenters. The molecule has 0 aromatic heterocycles. The Labute approximate surface area is 79.1 Å². The molecule has 0 spiro atoms. The highest BCUT2D eigenvalue weighted by atomic mass is 16.1. The highest BCUT2D eigenvalue weighted by Gasteiger charge is 1.91. The van der Waals surface area contributed by atoms with Crippen LogP contribution < -0.4 is 0 Å². The number of carbonyl (C=O) groups is 1. The number of aldehydes is 1. The van der Waals surface area contributed by atoms with Gasteiger partial charge < -0.3 is 0 Å². The third-order valence-electron chi connectivity index (χ3n) is 1.95. The molecule has 0 saturated heterocycles. The van der Waals surface area contributed by atoms with Gasteiger partial charge in [-0.3, -0.25) is 4.79 Å². The SMILES string of the molecule is C/C=C/CCc1ccc(C=O)cc1. The van der Waals surface area contributed by atoms with E-state index in [1.165, 1.54) is 5.56 Å². The Bertz CT molecular complexity index is 282. The smallest absolute Gasteiger partial charge is 0.150 e. The summed E-state index contributed by atoms with van der Waals surface area (Å²) >= 11 is 0. The summed E-state index contributed by atoms with van der Waals surface area (Å²) < 4.78 is 0. The number of benzene rings is 1. The normalized spacial score (nSPS) is 10.5. The summed E-state index contributed by atoms with van der Waals surface area (Å²) in [5.74, 6) is 0. The summed E-state index contributed by atoms with van der Waals surface area (Å²) in [6, 6.07) is 7.73. The van der Waals surface area contributed by atoms with Crippen LogP contribution in [-0.2, 0) is 6.42 Å². The van der Waals surface area contributed by atoms with Crippen molar-refractivity contribution in [3.8, 4) is 0 Å². The Morgan fingerprint density at radius 2 is 1.92 bits per heavy atom. The molecule has 0 amide bonds. The quantitative estimate of drug-likeness (QED) is 0.506. The van der Waals surface area contributed by atoms with Gasteiger partial charge >= 0.3 is 0 Å². The maximum Gasteiger partial charge on any atom is 0.150 e. The summed E-state index contributed by atoms with van der Waals surface area (Å²) in [6.45, 7) is 2.02. The van der Waals surface area contributed by atoms with Crippen molar-refractivity contribution in [3.05, 3.63) is 47.5 Å². The highest BCUT2D eigenvalue weighted by Crippen LogP contribution is 2.05. The molecule has 0 bridgehead atoms. The van der Waals surface area contributed by atoms with E-state index in [1.54, 1.807) is 0 Å². The lowest BCUT2D eigenvalue weighted by Crippen LogP contribution is -1.84. The number of hydrogen-bond acceptors (Lipinski definition) is 1. The molecule has 1 aromatic rings. The van der Waals surface area contributed by atoms with Gasteiger partial charge in [0.25, 0.3) is 0 Å².